The lowest BCUT2D eigenvalue weighted by Gasteiger charge is -2.31. The highest BCUT2D eigenvalue weighted by Gasteiger charge is 2.26. The van der Waals surface area contributed by atoms with Crippen LogP contribution in [-0.2, 0) is 17.9 Å². The molecule has 0 bridgehead atoms. The van der Waals surface area contributed by atoms with Crippen molar-refractivity contribution in [3.8, 4) is 0 Å². The number of halogens is 2. The van der Waals surface area contributed by atoms with Crippen molar-refractivity contribution in [2.75, 3.05) is 6.54 Å². The number of rotatable bonds is 9. The predicted molar refractivity (Wildman–Crippen MR) is 135 cm³/mol. The van der Waals surface area contributed by atoms with Gasteiger partial charge in [0, 0.05) is 27.5 Å². The first kappa shape index (κ1) is 25.1. The minimum atomic E-state index is -0.311. The van der Waals surface area contributed by atoms with Gasteiger partial charge in [0.1, 0.15) is 12.4 Å². The van der Waals surface area contributed by atoms with Crippen LogP contribution in [0, 0.1) is 12.7 Å². The molecule has 0 radical (unpaired) electrons. The van der Waals surface area contributed by atoms with Crippen LogP contribution in [0.25, 0.3) is 0 Å². The molecule has 1 unspecified atom stereocenters. The molecule has 0 aliphatic carbocycles. The summed E-state index contributed by atoms with van der Waals surface area (Å²) in [6.45, 7) is 6.75. The second-order valence-corrected chi connectivity index (χ2v) is 10.0. The van der Waals surface area contributed by atoms with E-state index in [1.54, 1.807) is 45.4 Å². The van der Waals surface area contributed by atoms with Gasteiger partial charge >= 0.3 is 0 Å². The van der Waals surface area contributed by atoms with Crippen molar-refractivity contribution in [3.63, 3.8) is 0 Å². The molecule has 33 heavy (non-hydrogen) atoms. The third-order valence-corrected chi connectivity index (χ3v) is 7.26. The van der Waals surface area contributed by atoms with Crippen LogP contribution in [0.5, 0.6) is 0 Å². The average Bonchev–Trinajstić information content (AvgIpc) is 3.22. The maximum Gasteiger partial charge on any atom is 0.254 e. The Balaban J connectivity index is 1.84. The van der Waals surface area contributed by atoms with E-state index in [-0.39, 0.29) is 30.2 Å². The molecule has 174 valence electrons. The standard InChI is InChI=1S/C26H28BrFN2O2S/c1-4-19(3)30(26(32)21-7-9-22(27)10-8-21)17-25(31)29(16-24-18(2)13-14-33-24)15-20-5-11-23(28)12-6-20/h5-14,19H,4,15-17H2,1-3H3. The zero-order valence-corrected chi connectivity index (χ0v) is 21.5. The van der Waals surface area contributed by atoms with E-state index in [1.165, 1.54) is 12.1 Å². The van der Waals surface area contributed by atoms with Crippen molar-refractivity contribution >= 4 is 39.1 Å². The van der Waals surface area contributed by atoms with Gasteiger partial charge in [0.15, 0.2) is 0 Å². The Kier molecular flexibility index (Phi) is 8.80. The minimum Gasteiger partial charge on any atom is -0.332 e. The number of nitrogens with zero attached hydrogens (tertiary/aromatic N) is 2. The summed E-state index contributed by atoms with van der Waals surface area (Å²) in [4.78, 5) is 31.3. The summed E-state index contributed by atoms with van der Waals surface area (Å²) in [6.07, 6.45) is 0.734. The average molecular weight is 531 g/mol. The van der Waals surface area contributed by atoms with Crippen LogP contribution in [0.4, 0.5) is 4.39 Å². The van der Waals surface area contributed by atoms with Crippen molar-refractivity contribution in [3.05, 3.63) is 91.8 Å². The molecule has 0 N–H and O–H groups in total. The van der Waals surface area contributed by atoms with Crippen LogP contribution in [0.2, 0.25) is 0 Å². The Morgan fingerprint density at radius 1 is 1.03 bits per heavy atom. The maximum absolute atomic E-state index is 13.5. The van der Waals surface area contributed by atoms with Crippen LogP contribution < -0.4 is 0 Å². The molecule has 2 amide bonds. The zero-order chi connectivity index (χ0) is 24.0. The van der Waals surface area contributed by atoms with E-state index in [0.717, 1.165) is 26.9 Å². The third-order valence-electron chi connectivity index (χ3n) is 5.72. The van der Waals surface area contributed by atoms with Crippen LogP contribution in [0.15, 0.2) is 64.5 Å². The first-order valence-electron chi connectivity index (χ1n) is 10.9. The summed E-state index contributed by atoms with van der Waals surface area (Å²) in [5.41, 5.74) is 2.51. The smallest absolute Gasteiger partial charge is 0.254 e. The van der Waals surface area contributed by atoms with E-state index < -0.39 is 0 Å². The maximum atomic E-state index is 13.5. The lowest BCUT2D eigenvalue weighted by molar-refractivity contribution is -0.133. The van der Waals surface area contributed by atoms with Gasteiger partial charge < -0.3 is 9.80 Å². The minimum absolute atomic E-state index is 0.0183. The van der Waals surface area contributed by atoms with Crippen molar-refractivity contribution in [2.45, 2.75) is 46.3 Å². The van der Waals surface area contributed by atoms with E-state index in [2.05, 4.69) is 15.9 Å². The van der Waals surface area contributed by atoms with E-state index in [1.807, 2.05) is 44.4 Å². The van der Waals surface area contributed by atoms with Gasteiger partial charge in [0.25, 0.3) is 5.91 Å². The number of thiophene rings is 1. The number of hydrogen-bond acceptors (Lipinski definition) is 3. The number of aryl methyl sites for hydroxylation is 1. The molecule has 1 atom stereocenters. The summed E-state index contributed by atoms with van der Waals surface area (Å²) in [7, 11) is 0. The largest absolute Gasteiger partial charge is 0.332 e. The topological polar surface area (TPSA) is 40.6 Å². The third kappa shape index (κ3) is 6.74. The van der Waals surface area contributed by atoms with E-state index >= 15 is 0 Å². The molecule has 4 nitrogen and oxygen atoms in total. The number of carbonyl (C=O) groups excluding carboxylic acids is 2. The van der Waals surface area contributed by atoms with Crippen molar-refractivity contribution < 1.29 is 14.0 Å². The van der Waals surface area contributed by atoms with Gasteiger partial charge in [-0.05, 0) is 79.2 Å². The van der Waals surface area contributed by atoms with Gasteiger partial charge in [-0.15, -0.1) is 11.3 Å². The normalized spacial score (nSPS) is 11.8. The molecule has 1 aromatic heterocycles. The molecule has 0 saturated heterocycles. The van der Waals surface area contributed by atoms with Crippen LogP contribution in [0.1, 0.15) is 46.6 Å². The van der Waals surface area contributed by atoms with Gasteiger partial charge in [-0.25, -0.2) is 4.39 Å². The van der Waals surface area contributed by atoms with Gasteiger partial charge in [-0.3, -0.25) is 9.59 Å². The number of benzene rings is 2. The van der Waals surface area contributed by atoms with Crippen molar-refractivity contribution in [2.24, 2.45) is 0 Å². The number of hydrogen-bond donors (Lipinski definition) is 0. The quantitative estimate of drug-likeness (QED) is 0.320. The molecule has 0 aliphatic heterocycles. The van der Waals surface area contributed by atoms with Crippen LogP contribution in [0.3, 0.4) is 0 Å². The summed E-state index contributed by atoms with van der Waals surface area (Å²) < 4.78 is 14.3. The highest BCUT2D eigenvalue weighted by molar-refractivity contribution is 9.10. The molecule has 3 aromatic rings. The monoisotopic (exact) mass is 530 g/mol. The summed E-state index contributed by atoms with van der Waals surface area (Å²) in [6, 6.07) is 15.3. The molecule has 7 heteroatoms. The Labute approximate surface area is 207 Å². The highest BCUT2D eigenvalue weighted by Crippen LogP contribution is 2.21. The van der Waals surface area contributed by atoms with Crippen LogP contribution >= 0.6 is 27.3 Å². The Hall–Kier alpha value is -2.51. The highest BCUT2D eigenvalue weighted by atomic mass is 79.9. The Morgan fingerprint density at radius 2 is 1.70 bits per heavy atom. The molecule has 2 aromatic carbocycles. The first-order chi connectivity index (χ1) is 15.8. The SMILES string of the molecule is CCC(C)N(CC(=O)N(Cc1ccc(F)cc1)Cc1sccc1C)C(=O)c1ccc(Br)cc1. The van der Waals surface area contributed by atoms with Gasteiger partial charge in [0.2, 0.25) is 5.91 Å². The Morgan fingerprint density at radius 3 is 2.27 bits per heavy atom. The number of amides is 2. The molecule has 3 rings (SSSR count). The fourth-order valence-corrected chi connectivity index (χ4v) is 4.62. The number of carbonyl (C=O) groups is 2. The second-order valence-electron chi connectivity index (χ2n) is 8.10. The molecule has 0 spiro atoms. The lowest BCUT2D eigenvalue weighted by atomic mass is 10.1. The van der Waals surface area contributed by atoms with E-state index in [4.69, 9.17) is 0 Å². The van der Waals surface area contributed by atoms with Crippen molar-refractivity contribution in [1.82, 2.24) is 9.80 Å². The van der Waals surface area contributed by atoms with Crippen LogP contribution in [-0.4, -0.2) is 34.2 Å². The summed E-state index contributed by atoms with van der Waals surface area (Å²) in [5, 5.41) is 2.01. The van der Waals surface area contributed by atoms with Gasteiger partial charge in [-0.2, -0.15) is 0 Å². The fraction of sp³-hybridized carbons (Fsp3) is 0.308. The summed E-state index contributed by atoms with van der Waals surface area (Å²) >= 11 is 5.00. The molecular weight excluding hydrogens is 503 g/mol. The molecule has 0 aliphatic rings. The molecular formula is C26H28BrFN2O2S. The predicted octanol–water partition coefficient (Wildman–Crippen LogP) is 6.43. The second kappa shape index (κ2) is 11.6. The zero-order valence-electron chi connectivity index (χ0n) is 19.1. The molecule has 0 saturated carbocycles. The van der Waals surface area contributed by atoms with E-state index in [0.29, 0.717) is 18.7 Å². The van der Waals surface area contributed by atoms with Crippen molar-refractivity contribution in [1.29, 1.82) is 0 Å². The van der Waals surface area contributed by atoms with E-state index in [9.17, 15) is 14.0 Å². The molecule has 0 fully saturated rings. The van der Waals surface area contributed by atoms with Gasteiger partial charge in [0.05, 0.1) is 6.54 Å². The fourth-order valence-electron chi connectivity index (χ4n) is 3.43. The lowest BCUT2D eigenvalue weighted by Crippen LogP contribution is -2.46. The summed E-state index contributed by atoms with van der Waals surface area (Å²) in [5.74, 6) is -0.620. The molecule has 1 heterocycles. The first-order valence-corrected chi connectivity index (χ1v) is 12.6. The van der Waals surface area contributed by atoms with Gasteiger partial charge in [-0.1, -0.05) is 35.0 Å². The Bertz CT molecular complexity index is 1080.